The van der Waals surface area contributed by atoms with E-state index in [0.717, 1.165) is 5.56 Å². The van der Waals surface area contributed by atoms with Crippen molar-refractivity contribution in [1.82, 2.24) is 5.43 Å². The zero-order valence-electron chi connectivity index (χ0n) is 13.5. The topological polar surface area (TPSA) is 86.2 Å². The molecule has 7 heteroatoms. The molecule has 0 fully saturated rings. The number of carbonyl (C=O) groups excluding carboxylic acids is 2. The number of nitrogens with zero attached hydrogens (tertiary/aromatic N) is 1. The molecule has 0 aliphatic carbocycles. The quantitative estimate of drug-likeness (QED) is 0.521. The maximum atomic E-state index is 12.1. The van der Waals surface area contributed by atoms with Crippen LogP contribution in [-0.4, -0.2) is 37.9 Å². The van der Waals surface area contributed by atoms with Crippen LogP contribution in [0.15, 0.2) is 53.6 Å². The molecule has 7 nitrogen and oxygen atoms in total. The fraction of sp³-hybridized carbons (Fsp3) is 0.167. The first-order valence-corrected chi connectivity index (χ1v) is 7.57. The summed E-state index contributed by atoms with van der Waals surface area (Å²) in [5.74, 6) is 0.320. The molecule has 128 valence electrons. The number of methoxy groups -OCH3 is 1. The molecule has 1 N–H and O–H groups in total. The molecule has 1 amide bonds. The van der Waals surface area contributed by atoms with Gasteiger partial charge in [-0.25, -0.2) is 10.2 Å². The van der Waals surface area contributed by atoms with Gasteiger partial charge in [0.2, 0.25) is 6.10 Å². The average molecular weight is 340 g/mol. The van der Waals surface area contributed by atoms with E-state index in [2.05, 4.69) is 15.3 Å². The highest BCUT2D eigenvalue weighted by atomic mass is 16.6. The molecule has 0 aromatic heterocycles. The Morgan fingerprint density at radius 3 is 2.60 bits per heavy atom. The molecule has 3 rings (SSSR count). The number of benzene rings is 2. The number of hydrogen-bond acceptors (Lipinski definition) is 6. The van der Waals surface area contributed by atoms with Crippen molar-refractivity contribution in [3.63, 3.8) is 0 Å². The Balaban J connectivity index is 1.55. The van der Waals surface area contributed by atoms with Crippen molar-refractivity contribution in [1.29, 1.82) is 0 Å². The van der Waals surface area contributed by atoms with Gasteiger partial charge in [-0.15, -0.1) is 0 Å². The summed E-state index contributed by atoms with van der Waals surface area (Å²) in [4.78, 5) is 23.4. The maximum absolute atomic E-state index is 12.1. The van der Waals surface area contributed by atoms with Gasteiger partial charge in [0.15, 0.2) is 11.5 Å². The highest BCUT2D eigenvalue weighted by Crippen LogP contribution is 2.30. The lowest BCUT2D eigenvalue weighted by molar-refractivity contribution is -0.130. The third kappa shape index (κ3) is 3.95. The molecular weight excluding hydrogens is 324 g/mol. The Labute approximate surface area is 144 Å². The van der Waals surface area contributed by atoms with Crippen molar-refractivity contribution in [2.45, 2.75) is 6.10 Å². The van der Waals surface area contributed by atoms with E-state index >= 15 is 0 Å². The normalized spacial score (nSPS) is 15.6. The number of fused-ring (bicyclic) bond motifs is 1. The monoisotopic (exact) mass is 340 g/mol. The van der Waals surface area contributed by atoms with Gasteiger partial charge in [0.05, 0.1) is 18.9 Å². The highest BCUT2D eigenvalue weighted by molar-refractivity contribution is 5.91. The second-order valence-electron chi connectivity index (χ2n) is 5.21. The van der Waals surface area contributed by atoms with Crippen molar-refractivity contribution in [2.24, 2.45) is 5.10 Å². The van der Waals surface area contributed by atoms with Crippen LogP contribution >= 0.6 is 0 Å². The van der Waals surface area contributed by atoms with Crippen LogP contribution in [0.5, 0.6) is 11.5 Å². The van der Waals surface area contributed by atoms with E-state index < -0.39 is 18.0 Å². The summed E-state index contributed by atoms with van der Waals surface area (Å²) in [7, 11) is 1.32. The Bertz CT molecular complexity index is 801. The van der Waals surface area contributed by atoms with Gasteiger partial charge in [0.1, 0.15) is 6.61 Å². The molecule has 25 heavy (non-hydrogen) atoms. The molecule has 0 saturated heterocycles. The molecule has 1 unspecified atom stereocenters. The Morgan fingerprint density at radius 2 is 1.88 bits per heavy atom. The maximum Gasteiger partial charge on any atom is 0.337 e. The van der Waals surface area contributed by atoms with Gasteiger partial charge in [-0.05, 0) is 29.8 Å². The molecule has 1 heterocycles. The zero-order valence-corrected chi connectivity index (χ0v) is 13.5. The predicted octanol–water partition coefficient (Wildman–Crippen LogP) is 1.76. The van der Waals surface area contributed by atoms with Gasteiger partial charge in [0, 0.05) is 0 Å². The lowest BCUT2D eigenvalue weighted by Gasteiger charge is -2.24. The average Bonchev–Trinajstić information content (AvgIpc) is 2.67. The van der Waals surface area contributed by atoms with Crippen LogP contribution in [0.1, 0.15) is 15.9 Å². The van der Waals surface area contributed by atoms with E-state index in [-0.39, 0.29) is 6.61 Å². The van der Waals surface area contributed by atoms with Gasteiger partial charge >= 0.3 is 5.97 Å². The summed E-state index contributed by atoms with van der Waals surface area (Å²) in [6, 6.07) is 13.8. The second-order valence-corrected chi connectivity index (χ2v) is 5.21. The van der Waals surface area contributed by atoms with Gasteiger partial charge < -0.3 is 14.2 Å². The van der Waals surface area contributed by atoms with Crippen molar-refractivity contribution in [2.75, 3.05) is 13.7 Å². The minimum Gasteiger partial charge on any atom is -0.485 e. The van der Waals surface area contributed by atoms with E-state index in [0.29, 0.717) is 17.1 Å². The van der Waals surface area contributed by atoms with E-state index in [1.807, 2.05) is 6.07 Å². The molecule has 1 aliphatic rings. The summed E-state index contributed by atoms with van der Waals surface area (Å²) in [5, 5.41) is 3.89. The summed E-state index contributed by atoms with van der Waals surface area (Å²) in [6.45, 7) is 0.117. The fourth-order valence-corrected chi connectivity index (χ4v) is 2.21. The van der Waals surface area contributed by atoms with Crippen molar-refractivity contribution in [3.05, 3.63) is 59.7 Å². The number of hydrogen-bond donors (Lipinski definition) is 1. The lowest BCUT2D eigenvalue weighted by Crippen LogP contribution is -2.42. The molecular formula is C18H16N2O5. The number of para-hydroxylation sites is 2. The number of esters is 1. The first-order valence-electron chi connectivity index (χ1n) is 7.57. The van der Waals surface area contributed by atoms with Gasteiger partial charge in [0.25, 0.3) is 5.91 Å². The Kier molecular flexibility index (Phi) is 4.94. The Morgan fingerprint density at radius 1 is 1.16 bits per heavy atom. The number of hydrazone groups is 1. The molecule has 0 saturated carbocycles. The molecule has 0 bridgehead atoms. The summed E-state index contributed by atoms with van der Waals surface area (Å²) in [6.07, 6.45) is 0.699. The number of carbonyl (C=O) groups is 2. The smallest absolute Gasteiger partial charge is 0.337 e. The highest BCUT2D eigenvalue weighted by Gasteiger charge is 2.26. The number of rotatable bonds is 4. The van der Waals surface area contributed by atoms with Gasteiger partial charge in [-0.1, -0.05) is 24.3 Å². The van der Waals surface area contributed by atoms with Crippen LogP contribution in [0.25, 0.3) is 0 Å². The van der Waals surface area contributed by atoms with Gasteiger partial charge in [-0.2, -0.15) is 5.10 Å². The fourth-order valence-electron chi connectivity index (χ4n) is 2.21. The summed E-state index contributed by atoms with van der Waals surface area (Å²) < 4.78 is 15.7. The summed E-state index contributed by atoms with van der Waals surface area (Å²) in [5.41, 5.74) is 3.58. The first-order chi connectivity index (χ1) is 12.2. The van der Waals surface area contributed by atoms with Crippen LogP contribution in [0.4, 0.5) is 0 Å². The number of ether oxygens (including phenoxy) is 3. The third-order valence-corrected chi connectivity index (χ3v) is 3.52. The minimum atomic E-state index is -0.770. The van der Waals surface area contributed by atoms with Crippen molar-refractivity contribution in [3.8, 4) is 11.5 Å². The summed E-state index contributed by atoms with van der Waals surface area (Å²) >= 11 is 0. The van der Waals surface area contributed by atoms with Crippen LogP contribution in [0.3, 0.4) is 0 Å². The molecule has 2 aromatic rings. The SMILES string of the molecule is COC(=O)c1ccc(/C=N\NC(=O)C2COc3ccccc3O2)cc1. The van der Waals surface area contributed by atoms with E-state index in [1.165, 1.54) is 13.3 Å². The van der Waals surface area contributed by atoms with Crippen LogP contribution in [0.2, 0.25) is 0 Å². The van der Waals surface area contributed by atoms with Crippen LogP contribution in [0, 0.1) is 0 Å². The van der Waals surface area contributed by atoms with E-state index in [9.17, 15) is 9.59 Å². The third-order valence-electron chi connectivity index (χ3n) is 3.52. The van der Waals surface area contributed by atoms with Crippen molar-refractivity contribution >= 4 is 18.1 Å². The van der Waals surface area contributed by atoms with Crippen LogP contribution < -0.4 is 14.9 Å². The number of amides is 1. The largest absolute Gasteiger partial charge is 0.485 e. The molecule has 1 atom stereocenters. The number of nitrogens with one attached hydrogen (secondary N) is 1. The van der Waals surface area contributed by atoms with Crippen molar-refractivity contribution < 1.29 is 23.8 Å². The minimum absolute atomic E-state index is 0.117. The van der Waals surface area contributed by atoms with E-state index in [4.69, 9.17) is 9.47 Å². The van der Waals surface area contributed by atoms with Crippen LogP contribution in [-0.2, 0) is 9.53 Å². The van der Waals surface area contributed by atoms with Gasteiger partial charge in [-0.3, -0.25) is 4.79 Å². The molecule has 2 aromatic carbocycles. The molecule has 1 aliphatic heterocycles. The predicted molar refractivity (Wildman–Crippen MR) is 89.9 cm³/mol. The molecule has 0 spiro atoms. The lowest BCUT2D eigenvalue weighted by atomic mass is 10.1. The first kappa shape index (κ1) is 16.5. The van der Waals surface area contributed by atoms with E-state index in [1.54, 1.807) is 42.5 Å². The molecule has 0 radical (unpaired) electrons. The standard InChI is InChI=1S/C18H16N2O5/c1-23-18(22)13-8-6-12(7-9-13)10-19-20-17(21)16-11-24-14-4-2-3-5-15(14)25-16/h2-10,16H,11H2,1H3,(H,20,21)/b19-10-. The Hall–Kier alpha value is -3.35. The second kappa shape index (κ2) is 7.48. The zero-order chi connectivity index (χ0) is 17.6.